The number of nitrogens with zero attached hydrogens (tertiary/aromatic N) is 3. The molecule has 2 aromatic rings. The van der Waals surface area contributed by atoms with Gasteiger partial charge in [-0.05, 0) is 51.7 Å². The number of carbonyl (C=O) groups excluding carboxylic acids is 3. The molecule has 3 heterocycles. The molecule has 3 atom stereocenters. The van der Waals surface area contributed by atoms with Crippen LogP contribution in [0.3, 0.4) is 0 Å². The average molecular weight is 440 g/mol. The number of aryl methyl sites for hydroxylation is 1. The number of carbonyl (C=O) groups is 3. The Kier molecular flexibility index (Phi) is 4.31. The average Bonchev–Trinajstić information content (AvgIpc) is 3.12. The van der Waals surface area contributed by atoms with E-state index in [0.717, 1.165) is 10.7 Å². The van der Waals surface area contributed by atoms with Gasteiger partial charge in [-0.2, -0.15) is 0 Å². The topological polar surface area (TPSA) is 79.8 Å². The van der Waals surface area contributed by atoms with Crippen LogP contribution in [0, 0.1) is 18.8 Å². The van der Waals surface area contributed by atoms with E-state index in [1.807, 2.05) is 33.1 Å². The fraction of sp³-hybridized carbons (Fsp3) is 0.478. The van der Waals surface area contributed by atoms with E-state index in [4.69, 9.17) is 9.72 Å². The molecule has 2 aliphatic heterocycles. The second-order valence-electron chi connectivity index (χ2n) is 9.67. The first-order valence-electron chi connectivity index (χ1n) is 10.5. The minimum Gasteiger partial charge on any atom is -0.444 e. The Balaban J connectivity index is 1.41. The summed E-state index contributed by atoms with van der Waals surface area (Å²) >= 11 is 1.57. The minimum atomic E-state index is -0.548. The minimum absolute atomic E-state index is 0.148. The third-order valence-electron chi connectivity index (χ3n) is 6.50. The number of aromatic nitrogens is 1. The number of hydrogen-bond acceptors (Lipinski definition) is 6. The van der Waals surface area contributed by atoms with Gasteiger partial charge in [-0.3, -0.25) is 14.5 Å². The van der Waals surface area contributed by atoms with E-state index in [1.165, 1.54) is 4.90 Å². The monoisotopic (exact) mass is 439 g/mol. The summed E-state index contributed by atoms with van der Waals surface area (Å²) < 4.78 is 5.53. The molecule has 0 unspecified atom stereocenters. The number of piperidine rings is 1. The summed E-state index contributed by atoms with van der Waals surface area (Å²) in [5, 5.41) is 2.94. The molecule has 31 heavy (non-hydrogen) atoms. The van der Waals surface area contributed by atoms with Gasteiger partial charge in [0.25, 0.3) is 11.8 Å². The Labute approximate surface area is 185 Å². The van der Waals surface area contributed by atoms with Gasteiger partial charge in [-0.1, -0.05) is 12.1 Å². The van der Waals surface area contributed by atoms with Gasteiger partial charge < -0.3 is 9.64 Å². The molecule has 2 fully saturated rings. The lowest BCUT2D eigenvalue weighted by molar-refractivity contribution is 0.0252. The number of likely N-dealkylation sites (tertiary alicyclic amines) is 1. The van der Waals surface area contributed by atoms with Crippen molar-refractivity contribution in [2.75, 3.05) is 19.6 Å². The van der Waals surface area contributed by atoms with Gasteiger partial charge in [0.1, 0.15) is 10.6 Å². The van der Waals surface area contributed by atoms with Crippen molar-refractivity contribution >= 4 is 29.2 Å². The number of thiazole rings is 1. The summed E-state index contributed by atoms with van der Waals surface area (Å²) in [5.41, 5.74) is 0.896. The van der Waals surface area contributed by atoms with Crippen LogP contribution in [0.15, 0.2) is 29.6 Å². The van der Waals surface area contributed by atoms with E-state index in [1.54, 1.807) is 40.5 Å². The molecule has 1 aromatic heterocycles. The van der Waals surface area contributed by atoms with E-state index in [-0.39, 0.29) is 29.7 Å². The highest BCUT2D eigenvalue weighted by Crippen LogP contribution is 2.64. The number of rotatable bonds is 3. The molecule has 7 nitrogen and oxygen atoms in total. The van der Waals surface area contributed by atoms with E-state index in [2.05, 4.69) is 0 Å². The van der Waals surface area contributed by atoms with Crippen molar-refractivity contribution in [3.8, 4) is 0 Å². The summed E-state index contributed by atoms with van der Waals surface area (Å²) in [6.07, 6.45) is -0.315. The smallest absolute Gasteiger partial charge is 0.410 e. The number of benzene rings is 1. The van der Waals surface area contributed by atoms with E-state index in [9.17, 15) is 14.4 Å². The van der Waals surface area contributed by atoms with Crippen LogP contribution in [0.5, 0.6) is 0 Å². The normalized spacial score (nSPS) is 26.8. The van der Waals surface area contributed by atoms with E-state index >= 15 is 0 Å². The van der Waals surface area contributed by atoms with Crippen LogP contribution in [0.4, 0.5) is 4.79 Å². The van der Waals surface area contributed by atoms with Crippen molar-refractivity contribution in [3.63, 3.8) is 0 Å². The molecular weight excluding hydrogens is 414 g/mol. The summed E-state index contributed by atoms with van der Waals surface area (Å²) in [7, 11) is 0. The Bertz CT molecular complexity index is 1060. The highest BCUT2D eigenvalue weighted by Gasteiger charge is 2.72. The molecule has 3 amide bonds. The van der Waals surface area contributed by atoms with Gasteiger partial charge in [0.05, 0.1) is 16.5 Å². The summed E-state index contributed by atoms with van der Waals surface area (Å²) in [6, 6.07) is 6.96. The van der Waals surface area contributed by atoms with Gasteiger partial charge in [-0.15, -0.1) is 11.3 Å². The maximum Gasteiger partial charge on any atom is 0.410 e. The Hall–Kier alpha value is -2.74. The number of ether oxygens (including phenoxy) is 1. The molecule has 1 aliphatic carbocycles. The maximum absolute atomic E-state index is 13.0. The molecule has 1 saturated carbocycles. The van der Waals surface area contributed by atoms with Gasteiger partial charge in [-0.25, -0.2) is 9.78 Å². The quantitative estimate of drug-likeness (QED) is 0.684. The number of imide groups is 1. The van der Waals surface area contributed by atoms with Crippen molar-refractivity contribution in [1.29, 1.82) is 0 Å². The standard InChI is InChI=1S/C23H25N3O4S/c1-13-11-31-20(24-13)23(12-26-18(27)14-7-5-6-8-15(14)19(26)28)16-9-25(10-17(16)23)21(29)30-22(2,3)4/h5-8,11,16-17H,9-10,12H2,1-4H3/t16-,17+,23-. The maximum atomic E-state index is 13.0. The van der Waals surface area contributed by atoms with Crippen LogP contribution in [0.2, 0.25) is 0 Å². The third-order valence-corrected chi connectivity index (χ3v) is 7.65. The van der Waals surface area contributed by atoms with Gasteiger partial charge >= 0.3 is 6.09 Å². The second kappa shape index (κ2) is 6.63. The molecule has 1 saturated heterocycles. The molecular formula is C23H25N3O4S. The molecule has 162 valence electrons. The lowest BCUT2D eigenvalue weighted by Crippen LogP contribution is -2.44. The summed E-state index contributed by atoms with van der Waals surface area (Å²) in [5.74, 6) is -0.200. The van der Waals surface area contributed by atoms with Crippen LogP contribution in [0.25, 0.3) is 0 Å². The number of hydrogen-bond donors (Lipinski definition) is 0. The van der Waals surface area contributed by atoms with Crippen LogP contribution in [-0.2, 0) is 10.2 Å². The molecule has 5 rings (SSSR count). The van der Waals surface area contributed by atoms with E-state index < -0.39 is 11.0 Å². The summed E-state index contributed by atoms with van der Waals surface area (Å²) in [4.78, 5) is 46.4. The second-order valence-corrected chi connectivity index (χ2v) is 10.5. The SMILES string of the molecule is Cc1csc([C@]2(CN3C(=O)c4ccccc4C3=O)[C@@H]3CN(C(=O)OC(C)(C)C)C[C@@H]32)n1. The Morgan fingerprint density at radius 1 is 1.16 bits per heavy atom. The molecule has 0 N–H and O–H groups in total. The predicted octanol–water partition coefficient (Wildman–Crippen LogP) is 3.48. The molecule has 3 aliphatic rings. The van der Waals surface area contributed by atoms with Gasteiger partial charge in [0.2, 0.25) is 0 Å². The van der Waals surface area contributed by atoms with Crippen LogP contribution >= 0.6 is 11.3 Å². The first-order valence-corrected chi connectivity index (χ1v) is 11.4. The van der Waals surface area contributed by atoms with Crippen molar-refractivity contribution in [2.24, 2.45) is 11.8 Å². The largest absolute Gasteiger partial charge is 0.444 e. The predicted molar refractivity (Wildman–Crippen MR) is 115 cm³/mol. The molecule has 1 aromatic carbocycles. The molecule has 0 bridgehead atoms. The Morgan fingerprint density at radius 3 is 2.23 bits per heavy atom. The first-order chi connectivity index (χ1) is 14.6. The highest BCUT2D eigenvalue weighted by molar-refractivity contribution is 7.09. The number of fused-ring (bicyclic) bond motifs is 2. The van der Waals surface area contributed by atoms with Gasteiger partial charge in [0.15, 0.2) is 0 Å². The van der Waals surface area contributed by atoms with Crippen LogP contribution in [-0.4, -0.2) is 57.9 Å². The fourth-order valence-corrected chi connectivity index (χ4v) is 6.16. The highest BCUT2D eigenvalue weighted by atomic mass is 32.1. The first kappa shape index (κ1) is 20.2. The van der Waals surface area contributed by atoms with Crippen molar-refractivity contribution in [3.05, 3.63) is 51.5 Å². The van der Waals surface area contributed by atoms with Crippen molar-refractivity contribution < 1.29 is 19.1 Å². The zero-order valence-electron chi connectivity index (χ0n) is 18.0. The fourth-order valence-electron chi connectivity index (χ4n) is 5.04. The summed E-state index contributed by atoms with van der Waals surface area (Å²) in [6.45, 7) is 8.89. The van der Waals surface area contributed by atoms with Crippen molar-refractivity contribution in [2.45, 2.75) is 38.7 Å². The Morgan fingerprint density at radius 2 is 1.74 bits per heavy atom. The van der Waals surface area contributed by atoms with Crippen molar-refractivity contribution in [1.82, 2.24) is 14.8 Å². The third kappa shape index (κ3) is 3.07. The lowest BCUT2D eigenvalue weighted by atomic mass is 9.99. The van der Waals surface area contributed by atoms with E-state index in [0.29, 0.717) is 30.8 Å². The molecule has 0 spiro atoms. The number of amides is 3. The van der Waals surface area contributed by atoms with Crippen LogP contribution in [0.1, 0.15) is 52.2 Å². The lowest BCUT2D eigenvalue weighted by Gasteiger charge is -2.30. The van der Waals surface area contributed by atoms with Gasteiger partial charge in [0, 0.05) is 30.7 Å². The molecule has 0 radical (unpaired) electrons. The zero-order chi connectivity index (χ0) is 22.1. The molecule has 8 heteroatoms. The van der Waals surface area contributed by atoms with Crippen LogP contribution < -0.4 is 0 Å². The zero-order valence-corrected chi connectivity index (χ0v) is 18.9.